The predicted molar refractivity (Wildman–Crippen MR) is 38.3 cm³/mol. The fourth-order valence-electron chi connectivity index (χ4n) is 0.802. The van der Waals surface area contributed by atoms with Crippen LogP contribution in [-0.4, -0.2) is 25.1 Å². The van der Waals surface area contributed by atoms with Crippen molar-refractivity contribution in [2.24, 2.45) is 5.41 Å². The quantitative estimate of drug-likeness (QED) is 0.501. The van der Waals surface area contributed by atoms with E-state index >= 15 is 0 Å². The number of hydrogen-bond donors (Lipinski definition) is 1. The summed E-state index contributed by atoms with van der Waals surface area (Å²) in [5, 5.41) is 8.87. The van der Waals surface area contributed by atoms with Gasteiger partial charge in [-0.25, -0.2) is 0 Å². The van der Waals surface area contributed by atoms with Crippen molar-refractivity contribution in [1.29, 1.82) is 0 Å². The zero-order valence-corrected chi connectivity index (χ0v) is 6.63. The summed E-state index contributed by atoms with van der Waals surface area (Å²) >= 11 is 0. The Labute approximate surface area is 61.5 Å². The van der Waals surface area contributed by atoms with Gasteiger partial charge in [-0.3, -0.25) is 0 Å². The molecule has 3 nitrogen and oxygen atoms in total. The van der Waals surface area contributed by atoms with Crippen molar-refractivity contribution >= 4 is 7.32 Å². The summed E-state index contributed by atoms with van der Waals surface area (Å²) in [6.45, 7) is 6.58. The van der Waals surface area contributed by atoms with Crippen LogP contribution in [0.25, 0.3) is 0 Å². The molecule has 0 aliphatic carbocycles. The fraction of sp³-hybridized carbons (Fsp3) is 1.00. The maximum atomic E-state index is 8.87. The van der Waals surface area contributed by atoms with Gasteiger partial charge >= 0.3 is 7.32 Å². The molecule has 0 radical (unpaired) electrons. The van der Waals surface area contributed by atoms with E-state index in [0.29, 0.717) is 6.61 Å². The van der Waals surface area contributed by atoms with Crippen molar-refractivity contribution in [3.63, 3.8) is 0 Å². The molecule has 1 atom stereocenters. The maximum absolute atomic E-state index is 8.87. The van der Waals surface area contributed by atoms with Crippen LogP contribution in [0.15, 0.2) is 0 Å². The Morgan fingerprint density at radius 2 is 2.20 bits per heavy atom. The summed E-state index contributed by atoms with van der Waals surface area (Å²) in [5.41, 5.74) is 0.0131. The Hall–Kier alpha value is -0.0551. The van der Waals surface area contributed by atoms with Crippen LogP contribution in [0.5, 0.6) is 0 Å². The van der Waals surface area contributed by atoms with E-state index in [4.69, 9.17) is 14.3 Å². The molecule has 1 fully saturated rings. The first-order chi connectivity index (χ1) is 4.52. The van der Waals surface area contributed by atoms with Gasteiger partial charge in [0.1, 0.15) is 0 Å². The zero-order valence-electron chi connectivity index (χ0n) is 6.63. The average molecular weight is 144 g/mol. The van der Waals surface area contributed by atoms with Crippen LogP contribution in [-0.2, 0) is 9.31 Å². The van der Waals surface area contributed by atoms with Gasteiger partial charge in [0.05, 0.1) is 0 Å². The van der Waals surface area contributed by atoms with Gasteiger partial charge in [-0.05, 0) is 6.92 Å². The van der Waals surface area contributed by atoms with Crippen molar-refractivity contribution in [3.8, 4) is 0 Å². The van der Waals surface area contributed by atoms with Gasteiger partial charge < -0.3 is 14.3 Å². The third-order valence-electron chi connectivity index (χ3n) is 2.02. The monoisotopic (exact) mass is 144 g/mol. The second-order valence-electron chi connectivity index (χ2n) is 3.38. The molecule has 0 aromatic rings. The van der Waals surface area contributed by atoms with Gasteiger partial charge in [0.2, 0.25) is 0 Å². The predicted octanol–water partition coefficient (Wildman–Crippen LogP) is 0.425. The maximum Gasteiger partial charge on any atom is 0.636 e. The van der Waals surface area contributed by atoms with Crippen LogP contribution in [0.2, 0.25) is 0 Å². The first-order valence-corrected chi connectivity index (χ1v) is 3.47. The molecule has 1 N–H and O–H groups in total. The Morgan fingerprint density at radius 1 is 1.60 bits per heavy atom. The summed E-state index contributed by atoms with van der Waals surface area (Å²) in [7, 11) is -1.02. The van der Waals surface area contributed by atoms with E-state index in [0.717, 1.165) is 0 Å². The summed E-state index contributed by atoms with van der Waals surface area (Å²) in [5.74, 6) is 0. The highest BCUT2D eigenvalue weighted by Crippen LogP contribution is 2.27. The Bertz CT molecular complexity index is 126. The fourth-order valence-corrected chi connectivity index (χ4v) is 0.802. The molecule has 0 spiro atoms. The molecule has 0 aromatic heterocycles. The third kappa shape index (κ3) is 1.51. The van der Waals surface area contributed by atoms with Crippen LogP contribution >= 0.6 is 0 Å². The summed E-state index contributed by atoms with van der Waals surface area (Å²) in [4.78, 5) is 0. The lowest BCUT2D eigenvalue weighted by Gasteiger charge is -2.36. The minimum atomic E-state index is -1.02. The Balaban J connectivity index is 2.52. The van der Waals surface area contributed by atoms with Gasteiger partial charge in [0.25, 0.3) is 0 Å². The van der Waals surface area contributed by atoms with Gasteiger partial charge in [0, 0.05) is 18.1 Å². The molecular weight excluding hydrogens is 131 g/mol. The topological polar surface area (TPSA) is 38.7 Å². The minimum Gasteiger partial charge on any atom is -0.402 e. The first-order valence-electron chi connectivity index (χ1n) is 3.47. The highest BCUT2D eigenvalue weighted by Gasteiger charge is 2.37. The molecule has 1 saturated heterocycles. The number of hydrogen-bond acceptors (Lipinski definition) is 3. The smallest absolute Gasteiger partial charge is 0.402 e. The van der Waals surface area contributed by atoms with Crippen molar-refractivity contribution in [1.82, 2.24) is 0 Å². The number of rotatable bonds is 0. The molecule has 1 unspecified atom stereocenters. The van der Waals surface area contributed by atoms with Crippen LogP contribution in [0.4, 0.5) is 0 Å². The van der Waals surface area contributed by atoms with Gasteiger partial charge in [-0.2, -0.15) is 0 Å². The molecule has 10 heavy (non-hydrogen) atoms. The molecule has 1 rings (SSSR count). The Morgan fingerprint density at radius 3 is 2.60 bits per heavy atom. The Kier molecular flexibility index (Phi) is 2.03. The second kappa shape index (κ2) is 2.53. The SMILES string of the molecule is CC1OB(O)OCC1(C)C. The van der Waals surface area contributed by atoms with Crippen LogP contribution in [0, 0.1) is 5.41 Å². The van der Waals surface area contributed by atoms with Gasteiger partial charge in [0.15, 0.2) is 0 Å². The van der Waals surface area contributed by atoms with Crippen molar-refractivity contribution in [2.75, 3.05) is 6.61 Å². The standard InChI is InChI=1S/C6H13BO3/c1-5-6(2,3)4-9-7(8)10-5/h5,8H,4H2,1-3H3. The highest BCUT2D eigenvalue weighted by atomic mass is 16.7. The molecule has 1 aliphatic rings. The van der Waals surface area contributed by atoms with E-state index in [1.807, 2.05) is 20.8 Å². The van der Waals surface area contributed by atoms with E-state index in [1.54, 1.807) is 0 Å². The lowest BCUT2D eigenvalue weighted by molar-refractivity contribution is -0.0538. The van der Waals surface area contributed by atoms with E-state index < -0.39 is 7.32 Å². The largest absolute Gasteiger partial charge is 0.636 e. The summed E-state index contributed by atoms with van der Waals surface area (Å²) in [6.07, 6.45) is 0.0521. The molecule has 4 heteroatoms. The molecule has 0 amide bonds. The van der Waals surface area contributed by atoms with E-state index in [9.17, 15) is 0 Å². The normalized spacial score (nSPS) is 32.4. The van der Waals surface area contributed by atoms with E-state index in [1.165, 1.54) is 0 Å². The van der Waals surface area contributed by atoms with E-state index in [-0.39, 0.29) is 11.5 Å². The van der Waals surface area contributed by atoms with Gasteiger partial charge in [-0.15, -0.1) is 0 Å². The summed E-state index contributed by atoms with van der Waals surface area (Å²) in [6, 6.07) is 0. The second-order valence-corrected chi connectivity index (χ2v) is 3.38. The lowest BCUT2D eigenvalue weighted by atomic mass is 9.85. The first kappa shape index (κ1) is 8.05. The van der Waals surface area contributed by atoms with Crippen molar-refractivity contribution in [2.45, 2.75) is 26.9 Å². The van der Waals surface area contributed by atoms with Crippen LogP contribution in [0.3, 0.4) is 0 Å². The molecule has 1 heterocycles. The van der Waals surface area contributed by atoms with E-state index in [2.05, 4.69) is 0 Å². The molecular formula is C6H13BO3. The molecule has 0 aromatic carbocycles. The van der Waals surface area contributed by atoms with Crippen LogP contribution < -0.4 is 0 Å². The third-order valence-corrected chi connectivity index (χ3v) is 2.02. The minimum absolute atomic E-state index is 0.0131. The molecule has 58 valence electrons. The highest BCUT2D eigenvalue weighted by molar-refractivity contribution is 6.34. The van der Waals surface area contributed by atoms with Crippen molar-refractivity contribution in [3.05, 3.63) is 0 Å². The average Bonchev–Trinajstić information content (AvgIpc) is 1.81. The van der Waals surface area contributed by atoms with Crippen LogP contribution in [0.1, 0.15) is 20.8 Å². The van der Waals surface area contributed by atoms with Crippen molar-refractivity contribution < 1.29 is 14.3 Å². The molecule has 0 saturated carbocycles. The zero-order chi connectivity index (χ0) is 7.78. The molecule has 1 aliphatic heterocycles. The summed E-state index contributed by atoms with van der Waals surface area (Å²) < 4.78 is 9.93. The lowest BCUT2D eigenvalue weighted by Crippen LogP contribution is -2.46. The molecule has 0 bridgehead atoms. The van der Waals surface area contributed by atoms with Gasteiger partial charge in [-0.1, -0.05) is 13.8 Å².